The van der Waals surface area contributed by atoms with Gasteiger partial charge in [0.1, 0.15) is 9.84 Å². The van der Waals surface area contributed by atoms with Crippen LogP contribution in [0.2, 0.25) is 0 Å². The van der Waals surface area contributed by atoms with Crippen LogP contribution < -0.4 is 0 Å². The largest absolute Gasteiger partial charge is 0.413 e. The van der Waals surface area contributed by atoms with Gasteiger partial charge in [-0.25, -0.2) is 17.9 Å². The summed E-state index contributed by atoms with van der Waals surface area (Å²) in [6.07, 6.45) is 0.712. The zero-order valence-corrected chi connectivity index (χ0v) is 22.1. The number of fused-ring (bicyclic) bond motifs is 4. The average Bonchev–Trinajstić information content (AvgIpc) is 3.41. The first kappa shape index (κ1) is 26.2. The summed E-state index contributed by atoms with van der Waals surface area (Å²) in [5, 5.41) is 4.03. The standard InChI is InChI=1S/C27H28F4N4O3S/c1-34(25(36)18-7-11-39(37,38)12-8-18)23(27(29,30)31)17-5-3-16(4-6-17)19-14-26(9-2-10-26)24-20(19)15-32-22-13-21(28)33-35(22)24/h3-6,13,15,18-19,23H,2,7-12,14H2,1H3/t19-,23+/m1/s1. The Morgan fingerprint density at radius 2 is 1.82 bits per heavy atom. The molecule has 39 heavy (non-hydrogen) atoms. The molecule has 2 atom stereocenters. The quantitative estimate of drug-likeness (QED) is 0.429. The fourth-order valence-corrected chi connectivity index (χ4v) is 8.23. The Morgan fingerprint density at radius 3 is 2.41 bits per heavy atom. The van der Waals surface area contributed by atoms with Gasteiger partial charge < -0.3 is 4.90 Å². The number of amides is 1. The van der Waals surface area contributed by atoms with E-state index in [2.05, 4.69) is 10.1 Å². The lowest BCUT2D eigenvalue weighted by Crippen LogP contribution is -2.44. The fraction of sp³-hybridized carbons (Fsp3) is 0.519. The number of benzene rings is 1. The van der Waals surface area contributed by atoms with Crippen LogP contribution in [0.15, 0.2) is 36.5 Å². The topological polar surface area (TPSA) is 84.6 Å². The number of hydrogen-bond acceptors (Lipinski definition) is 5. The molecule has 7 nitrogen and oxygen atoms in total. The maximum Gasteiger partial charge on any atom is 0.413 e. The highest BCUT2D eigenvalue weighted by Gasteiger charge is 2.51. The number of carbonyl (C=O) groups is 1. The van der Waals surface area contributed by atoms with Gasteiger partial charge in [0.15, 0.2) is 11.7 Å². The summed E-state index contributed by atoms with van der Waals surface area (Å²) in [6.45, 7) is 0. The number of carbonyl (C=O) groups excluding carboxylic acids is 1. The van der Waals surface area contributed by atoms with Crippen LogP contribution in [0.1, 0.15) is 72.9 Å². The minimum Gasteiger partial charge on any atom is -0.330 e. The maximum absolute atomic E-state index is 14.3. The molecule has 12 heteroatoms. The number of aromatic nitrogens is 3. The van der Waals surface area contributed by atoms with Crippen molar-refractivity contribution >= 4 is 21.4 Å². The van der Waals surface area contributed by atoms with Gasteiger partial charge in [0.05, 0.1) is 17.2 Å². The molecule has 2 aliphatic carbocycles. The molecule has 3 aromatic rings. The van der Waals surface area contributed by atoms with Crippen molar-refractivity contribution < 1.29 is 30.8 Å². The summed E-state index contributed by atoms with van der Waals surface area (Å²) in [4.78, 5) is 18.1. The van der Waals surface area contributed by atoms with Gasteiger partial charge in [-0.2, -0.15) is 17.6 Å². The van der Waals surface area contributed by atoms with E-state index < -0.39 is 39.8 Å². The van der Waals surface area contributed by atoms with E-state index in [4.69, 9.17) is 0 Å². The fourth-order valence-electron chi connectivity index (χ4n) is 6.74. The van der Waals surface area contributed by atoms with Gasteiger partial charge in [-0.05, 0) is 43.2 Å². The Morgan fingerprint density at radius 1 is 1.15 bits per heavy atom. The summed E-state index contributed by atoms with van der Waals surface area (Å²) >= 11 is 0. The highest BCUT2D eigenvalue weighted by atomic mass is 32.2. The average molecular weight is 565 g/mol. The van der Waals surface area contributed by atoms with Crippen LogP contribution >= 0.6 is 0 Å². The van der Waals surface area contributed by atoms with Gasteiger partial charge in [-0.15, -0.1) is 5.10 Å². The molecule has 3 aliphatic rings. The minimum atomic E-state index is -4.72. The summed E-state index contributed by atoms with van der Waals surface area (Å²) in [7, 11) is -2.12. The number of rotatable bonds is 4. The lowest BCUT2D eigenvalue weighted by molar-refractivity contribution is -0.190. The molecule has 1 amide bonds. The van der Waals surface area contributed by atoms with Crippen LogP contribution in [0.4, 0.5) is 17.6 Å². The first-order chi connectivity index (χ1) is 18.4. The third kappa shape index (κ3) is 4.40. The van der Waals surface area contributed by atoms with E-state index in [1.54, 1.807) is 22.8 Å². The van der Waals surface area contributed by atoms with Crippen molar-refractivity contribution in [3.8, 4) is 0 Å². The van der Waals surface area contributed by atoms with E-state index >= 15 is 0 Å². The van der Waals surface area contributed by atoms with E-state index in [1.165, 1.54) is 18.2 Å². The molecule has 0 bridgehead atoms. The first-order valence-corrected chi connectivity index (χ1v) is 14.9. The van der Waals surface area contributed by atoms with E-state index in [1.807, 2.05) is 0 Å². The van der Waals surface area contributed by atoms with Crippen molar-refractivity contribution in [3.05, 3.63) is 64.9 Å². The Kier molecular flexibility index (Phi) is 6.05. The van der Waals surface area contributed by atoms with Gasteiger partial charge in [0.2, 0.25) is 11.9 Å². The van der Waals surface area contributed by atoms with Gasteiger partial charge in [-0.3, -0.25) is 4.79 Å². The van der Waals surface area contributed by atoms with Crippen molar-refractivity contribution in [1.29, 1.82) is 0 Å². The number of nitrogens with zero attached hydrogens (tertiary/aromatic N) is 4. The van der Waals surface area contributed by atoms with Gasteiger partial charge in [0.25, 0.3) is 0 Å². The monoisotopic (exact) mass is 564 g/mol. The van der Waals surface area contributed by atoms with Crippen molar-refractivity contribution in [2.45, 2.75) is 62.1 Å². The second kappa shape index (κ2) is 9.00. The molecule has 1 spiro atoms. The molecule has 6 rings (SSSR count). The molecule has 1 aliphatic heterocycles. The molecule has 1 aromatic carbocycles. The molecule has 2 aromatic heterocycles. The number of hydrogen-bond donors (Lipinski definition) is 0. The van der Waals surface area contributed by atoms with Crippen molar-refractivity contribution in [1.82, 2.24) is 19.5 Å². The Labute approximate surface area is 223 Å². The van der Waals surface area contributed by atoms with E-state index in [-0.39, 0.29) is 41.2 Å². The third-order valence-corrected chi connectivity index (χ3v) is 10.6. The molecule has 208 valence electrons. The summed E-state index contributed by atoms with van der Waals surface area (Å²) in [5.41, 5.74) is 2.88. The second-order valence-corrected chi connectivity index (χ2v) is 13.5. The van der Waals surface area contributed by atoms with Crippen molar-refractivity contribution in [2.24, 2.45) is 5.92 Å². The molecule has 0 radical (unpaired) electrons. The molecular weight excluding hydrogens is 536 g/mol. The zero-order chi connectivity index (χ0) is 27.7. The Hall–Kier alpha value is -3.02. The molecule has 2 fully saturated rings. The maximum atomic E-state index is 14.3. The molecular formula is C27H28F4N4O3S. The van der Waals surface area contributed by atoms with Crippen LogP contribution in [0.25, 0.3) is 5.65 Å². The molecule has 1 saturated carbocycles. The number of alkyl halides is 3. The third-order valence-electron chi connectivity index (χ3n) is 8.87. The lowest BCUT2D eigenvalue weighted by Gasteiger charge is -2.39. The van der Waals surface area contributed by atoms with E-state index in [0.29, 0.717) is 10.5 Å². The van der Waals surface area contributed by atoms with Gasteiger partial charge in [-0.1, -0.05) is 30.7 Å². The summed E-state index contributed by atoms with van der Waals surface area (Å²) in [5.74, 6) is -2.57. The SMILES string of the molecule is CN(C(=O)C1CCS(=O)(=O)CC1)[C@@H](c1ccc([C@H]2CC3(CCC3)c3c2cnc2cc(F)nn32)cc1)C(F)(F)F. The Bertz CT molecular complexity index is 1530. The highest BCUT2D eigenvalue weighted by Crippen LogP contribution is 2.58. The molecule has 0 unspecified atom stereocenters. The zero-order valence-electron chi connectivity index (χ0n) is 21.3. The van der Waals surface area contributed by atoms with Gasteiger partial charge >= 0.3 is 6.18 Å². The predicted octanol–water partition coefficient (Wildman–Crippen LogP) is 4.71. The van der Waals surface area contributed by atoms with Crippen LogP contribution in [0.3, 0.4) is 0 Å². The molecule has 1 saturated heterocycles. The van der Waals surface area contributed by atoms with Gasteiger partial charge in [0, 0.05) is 42.1 Å². The number of sulfone groups is 1. The first-order valence-electron chi connectivity index (χ1n) is 13.1. The second-order valence-electron chi connectivity index (χ2n) is 11.2. The highest BCUT2D eigenvalue weighted by molar-refractivity contribution is 7.91. The van der Waals surface area contributed by atoms with Crippen LogP contribution in [0.5, 0.6) is 0 Å². The normalized spacial score (nSPS) is 22.9. The van der Waals surface area contributed by atoms with E-state index in [0.717, 1.165) is 49.6 Å². The minimum absolute atomic E-state index is 0.0271. The summed E-state index contributed by atoms with van der Waals surface area (Å²) in [6, 6.07) is 5.29. The van der Waals surface area contributed by atoms with Crippen molar-refractivity contribution in [2.75, 3.05) is 18.6 Å². The van der Waals surface area contributed by atoms with Crippen molar-refractivity contribution in [3.63, 3.8) is 0 Å². The van der Waals surface area contributed by atoms with Crippen LogP contribution in [-0.2, 0) is 20.0 Å². The Balaban J connectivity index is 1.29. The smallest absolute Gasteiger partial charge is 0.330 e. The molecule has 0 N–H and O–H groups in total. The molecule has 3 heterocycles. The summed E-state index contributed by atoms with van der Waals surface area (Å²) < 4.78 is 81.8. The lowest BCUT2D eigenvalue weighted by atomic mass is 9.66. The predicted molar refractivity (Wildman–Crippen MR) is 134 cm³/mol. The van der Waals surface area contributed by atoms with Crippen LogP contribution in [0, 0.1) is 11.9 Å². The van der Waals surface area contributed by atoms with E-state index in [9.17, 15) is 30.8 Å². The van der Waals surface area contributed by atoms with Crippen LogP contribution in [-0.4, -0.2) is 58.6 Å². The number of halogens is 4.